The molecule has 181 valence electrons. The van der Waals surface area contributed by atoms with E-state index in [4.69, 9.17) is 0 Å². The van der Waals surface area contributed by atoms with E-state index in [2.05, 4.69) is 149 Å². The topological polar surface area (TPSA) is 3.24 Å². The number of benzene rings is 4. The normalized spacial score (nSPS) is 15.1. The summed E-state index contributed by atoms with van der Waals surface area (Å²) in [4.78, 5) is 0. The van der Waals surface area contributed by atoms with Crippen LogP contribution < -0.4 is 9.75 Å². The maximum absolute atomic E-state index is 2.74. The summed E-state index contributed by atoms with van der Waals surface area (Å²) in [5.74, 6) is 0. The van der Waals surface area contributed by atoms with Crippen LogP contribution in [0.3, 0.4) is 0 Å². The lowest BCUT2D eigenvalue weighted by Gasteiger charge is -2.46. The number of rotatable bonds is 5. The quantitative estimate of drug-likeness (QED) is 0.257. The molecule has 1 radical (unpaired) electrons. The molecule has 0 amide bonds. The molecule has 0 saturated carbocycles. The third-order valence-electron chi connectivity index (χ3n) is 7.19. The fourth-order valence-corrected chi connectivity index (χ4v) is 9.08. The monoisotopic (exact) mass is 486 g/mol. The zero-order valence-electron chi connectivity index (χ0n) is 22.3. The average molecular weight is 487 g/mol. The first-order chi connectivity index (χ1) is 17.2. The number of anilines is 1. The van der Waals surface area contributed by atoms with Crippen LogP contribution in [0.2, 0.25) is 0 Å². The van der Waals surface area contributed by atoms with Crippen molar-refractivity contribution in [1.82, 2.24) is 0 Å². The molecule has 1 nitrogen and oxygen atoms in total. The molecule has 0 fully saturated rings. The van der Waals surface area contributed by atoms with E-state index in [-0.39, 0.29) is 5.54 Å². The Balaban J connectivity index is 1.72. The van der Waals surface area contributed by atoms with Crippen molar-refractivity contribution in [1.29, 1.82) is 0 Å². The zero-order valence-corrected chi connectivity index (χ0v) is 23.3. The van der Waals surface area contributed by atoms with Gasteiger partial charge in [-0.05, 0) is 81.1 Å². The smallest absolute Gasteiger partial charge is 0.218 e. The van der Waals surface area contributed by atoms with Crippen molar-refractivity contribution in [2.75, 3.05) is 4.57 Å². The molecule has 0 N–H and O–H groups in total. The molecule has 1 aliphatic carbocycles. The van der Waals surface area contributed by atoms with E-state index < -0.39 is 8.96 Å². The van der Waals surface area contributed by atoms with Crippen molar-refractivity contribution in [2.45, 2.75) is 52.6 Å². The van der Waals surface area contributed by atoms with Gasteiger partial charge >= 0.3 is 0 Å². The predicted octanol–water partition coefficient (Wildman–Crippen LogP) is 8.21. The van der Waals surface area contributed by atoms with Gasteiger partial charge in [-0.15, -0.1) is 0 Å². The Morgan fingerprint density at radius 3 is 1.89 bits per heavy atom. The minimum atomic E-state index is -1.27. The molecule has 4 aromatic rings. The van der Waals surface area contributed by atoms with Crippen LogP contribution in [0.25, 0.3) is 17.2 Å². The Morgan fingerprint density at radius 2 is 1.28 bits per heavy atom. The van der Waals surface area contributed by atoms with Gasteiger partial charge < -0.3 is 4.57 Å². The SMILES string of the molecule is CC1=Cc2c(-c3ccccc3)cccc2C1[Si](c1ccc(C)cc1)N(c1ccc(C)cc1)C(C)(C)C. The van der Waals surface area contributed by atoms with Crippen LogP contribution in [0.5, 0.6) is 0 Å². The molecular formula is C34H36NSi. The second kappa shape index (κ2) is 9.59. The van der Waals surface area contributed by atoms with Crippen LogP contribution in [0, 0.1) is 13.8 Å². The van der Waals surface area contributed by atoms with Crippen LogP contribution in [0.1, 0.15) is 55.5 Å². The van der Waals surface area contributed by atoms with Crippen LogP contribution in [-0.2, 0) is 0 Å². The number of allylic oxidation sites excluding steroid dienone is 1. The summed E-state index contributed by atoms with van der Waals surface area (Å²) < 4.78 is 2.74. The van der Waals surface area contributed by atoms with Crippen molar-refractivity contribution in [3.8, 4) is 11.1 Å². The fourth-order valence-electron chi connectivity index (χ4n) is 5.52. The summed E-state index contributed by atoms with van der Waals surface area (Å²) in [5, 5.41) is 1.46. The molecule has 0 spiro atoms. The number of fused-ring (bicyclic) bond motifs is 1. The first-order valence-corrected chi connectivity index (χ1v) is 14.4. The predicted molar refractivity (Wildman–Crippen MR) is 158 cm³/mol. The Labute approximate surface area is 218 Å². The number of nitrogens with zero attached hydrogens (tertiary/aromatic N) is 1. The highest BCUT2D eigenvalue weighted by atomic mass is 28.3. The molecule has 2 heteroatoms. The Hall–Kier alpha value is -3.36. The minimum Gasteiger partial charge on any atom is -0.388 e. The van der Waals surface area contributed by atoms with Crippen molar-refractivity contribution < 1.29 is 0 Å². The van der Waals surface area contributed by atoms with Crippen molar-refractivity contribution in [2.24, 2.45) is 0 Å². The summed E-state index contributed by atoms with van der Waals surface area (Å²) in [7, 11) is -1.27. The summed E-state index contributed by atoms with van der Waals surface area (Å²) in [6, 6.07) is 36.2. The van der Waals surface area contributed by atoms with E-state index in [1.54, 1.807) is 0 Å². The molecule has 1 unspecified atom stereocenters. The van der Waals surface area contributed by atoms with Crippen LogP contribution >= 0.6 is 0 Å². The maximum atomic E-state index is 2.74. The molecule has 0 saturated heterocycles. The molecule has 0 aliphatic heterocycles. The van der Waals surface area contributed by atoms with Crippen molar-refractivity contribution in [3.05, 3.63) is 125 Å². The molecule has 0 heterocycles. The van der Waals surface area contributed by atoms with E-state index in [1.807, 2.05) is 0 Å². The second-order valence-electron chi connectivity index (χ2n) is 11.1. The molecule has 0 bridgehead atoms. The molecule has 1 atom stereocenters. The maximum Gasteiger partial charge on any atom is 0.218 e. The second-order valence-corrected chi connectivity index (χ2v) is 13.5. The summed E-state index contributed by atoms with van der Waals surface area (Å²) in [6.45, 7) is 13.8. The van der Waals surface area contributed by atoms with E-state index >= 15 is 0 Å². The molecule has 36 heavy (non-hydrogen) atoms. The molecule has 0 aromatic heterocycles. The zero-order chi connectivity index (χ0) is 25.4. The van der Waals surface area contributed by atoms with E-state index in [9.17, 15) is 0 Å². The van der Waals surface area contributed by atoms with Gasteiger partial charge in [0.2, 0.25) is 8.96 Å². The van der Waals surface area contributed by atoms with E-state index in [0.717, 1.165) is 0 Å². The van der Waals surface area contributed by atoms with Gasteiger partial charge in [-0.3, -0.25) is 0 Å². The van der Waals surface area contributed by atoms with Crippen LogP contribution in [-0.4, -0.2) is 14.5 Å². The molecule has 1 aliphatic rings. The Kier molecular flexibility index (Phi) is 6.49. The summed E-state index contributed by atoms with van der Waals surface area (Å²) in [5.41, 5.74) is 11.2. The van der Waals surface area contributed by atoms with Gasteiger partial charge in [-0.1, -0.05) is 108 Å². The van der Waals surface area contributed by atoms with Gasteiger partial charge in [0.05, 0.1) is 0 Å². The highest BCUT2D eigenvalue weighted by molar-refractivity contribution is 6.79. The lowest BCUT2D eigenvalue weighted by atomic mass is 9.97. The highest BCUT2D eigenvalue weighted by Crippen LogP contribution is 2.44. The first-order valence-electron chi connectivity index (χ1n) is 12.9. The number of hydrogen-bond donors (Lipinski definition) is 0. The van der Waals surface area contributed by atoms with Crippen molar-refractivity contribution >= 4 is 25.9 Å². The Morgan fingerprint density at radius 1 is 0.667 bits per heavy atom. The minimum absolute atomic E-state index is 0.0332. The van der Waals surface area contributed by atoms with Gasteiger partial charge in [0.15, 0.2) is 0 Å². The van der Waals surface area contributed by atoms with E-state index in [1.165, 1.54) is 49.8 Å². The Bertz CT molecular complexity index is 1380. The third-order valence-corrected chi connectivity index (χ3v) is 10.8. The highest BCUT2D eigenvalue weighted by Gasteiger charge is 2.42. The number of hydrogen-bond acceptors (Lipinski definition) is 1. The largest absolute Gasteiger partial charge is 0.388 e. The van der Waals surface area contributed by atoms with Gasteiger partial charge in [0.25, 0.3) is 0 Å². The van der Waals surface area contributed by atoms with Crippen LogP contribution in [0.15, 0.2) is 103 Å². The molecule has 4 aromatic carbocycles. The molecular weight excluding hydrogens is 450 g/mol. The van der Waals surface area contributed by atoms with Gasteiger partial charge in [0.1, 0.15) is 0 Å². The summed E-state index contributed by atoms with van der Waals surface area (Å²) in [6.07, 6.45) is 2.46. The van der Waals surface area contributed by atoms with E-state index in [0.29, 0.717) is 5.54 Å². The third kappa shape index (κ3) is 4.58. The van der Waals surface area contributed by atoms with Gasteiger partial charge in [-0.2, -0.15) is 0 Å². The first kappa shape index (κ1) is 24.3. The standard InChI is InChI=1S/C34H36NSi/c1-24-15-19-28(20-16-24)35(34(4,5)6)36(29-21-17-25(2)18-22-29)33-26(3)23-32-30(13-10-14-31(32)33)27-11-8-7-9-12-27/h7-23,33H,1-6H3. The van der Waals surface area contributed by atoms with Gasteiger partial charge in [0, 0.05) is 16.8 Å². The number of aryl methyl sites for hydroxylation is 2. The lowest BCUT2D eigenvalue weighted by molar-refractivity contribution is 0.575. The average Bonchev–Trinajstić information content (AvgIpc) is 3.19. The van der Waals surface area contributed by atoms with Gasteiger partial charge in [-0.25, -0.2) is 0 Å². The van der Waals surface area contributed by atoms with Crippen LogP contribution in [0.4, 0.5) is 5.69 Å². The lowest BCUT2D eigenvalue weighted by Crippen LogP contribution is -2.60. The molecule has 5 rings (SSSR count). The summed E-state index contributed by atoms with van der Waals surface area (Å²) >= 11 is 0. The fraction of sp³-hybridized carbons (Fsp3) is 0.235. The van der Waals surface area contributed by atoms with Crippen molar-refractivity contribution in [3.63, 3.8) is 0 Å².